The highest BCUT2D eigenvalue weighted by atomic mass is 32.1. The molecule has 1 amide bonds. The van der Waals surface area contributed by atoms with Gasteiger partial charge in [0.2, 0.25) is 6.10 Å². The summed E-state index contributed by atoms with van der Waals surface area (Å²) in [7, 11) is 0. The second kappa shape index (κ2) is 6.74. The maximum Gasteiger partial charge on any atom is 0.268 e. The molecule has 0 unspecified atom stereocenters. The van der Waals surface area contributed by atoms with Crippen molar-refractivity contribution >= 4 is 17.2 Å². The number of thiophene rings is 1. The fourth-order valence-corrected chi connectivity index (χ4v) is 4.78. The van der Waals surface area contributed by atoms with Crippen molar-refractivity contribution in [2.45, 2.75) is 18.6 Å². The lowest BCUT2D eigenvalue weighted by Crippen LogP contribution is -2.49. The summed E-state index contributed by atoms with van der Waals surface area (Å²) in [5, 5.41) is 2.12. The Morgan fingerprint density at radius 3 is 2.63 bits per heavy atom. The summed E-state index contributed by atoms with van der Waals surface area (Å²) >= 11 is 1.77. The first-order valence-electron chi connectivity index (χ1n) is 9.11. The smallest absolute Gasteiger partial charge is 0.268 e. The first-order chi connectivity index (χ1) is 13.3. The number of fused-ring (bicyclic) bond motifs is 2. The van der Waals surface area contributed by atoms with Gasteiger partial charge in [-0.2, -0.15) is 0 Å². The molecular weight excluding hydrogens is 358 g/mol. The quantitative estimate of drug-likeness (QED) is 0.676. The van der Waals surface area contributed by atoms with Crippen LogP contribution in [0, 0.1) is 0 Å². The zero-order chi connectivity index (χ0) is 18.2. The van der Waals surface area contributed by atoms with Crippen LogP contribution in [-0.4, -0.2) is 30.1 Å². The fourth-order valence-electron chi connectivity index (χ4n) is 3.87. The van der Waals surface area contributed by atoms with Crippen molar-refractivity contribution in [3.05, 3.63) is 82.0 Å². The molecule has 3 aromatic rings. The van der Waals surface area contributed by atoms with Crippen LogP contribution < -0.4 is 9.47 Å². The van der Waals surface area contributed by atoms with E-state index >= 15 is 0 Å². The second-order valence-electron chi connectivity index (χ2n) is 6.76. The minimum Gasteiger partial charge on any atom is -0.485 e. The van der Waals surface area contributed by atoms with Gasteiger partial charge in [-0.15, -0.1) is 11.3 Å². The highest BCUT2D eigenvalue weighted by molar-refractivity contribution is 7.10. The van der Waals surface area contributed by atoms with Gasteiger partial charge in [-0.25, -0.2) is 0 Å². The molecule has 0 saturated carbocycles. The molecule has 27 heavy (non-hydrogen) atoms. The van der Waals surface area contributed by atoms with Crippen LogP contribution in [0.25, 0.3) is 0 Å². The van der Waals surface area contributed by atoms with Crippen LogP contribution in [0.5, 0.6) is 11.5 Å². The summed E-state index contributed by atoms with van der Waals surface area (Å²) < 4.78 is 11.8. The fraction of sp³-hybridized carbons (Fsp3) is 0.227. The van der Waals surface area contributed by atoms with Crippen LogP contribution >= 0.6 is 11.3 Å². The van der Waals surface area contributed by atoms with Gasteiger partial charge >= 0.3 is 0 Å². The van der Waals surface area contributed by atoms with Crippen molar-refractivity contribution in [2.24, 2.45) is 0 Å². The molecule has 5 heteroatoms. The second-order valence-corrected chi connectivity index (χ2v) is 7.76. The van der Waals surface area contributed by atoms with E-state index in [0.717, 1.165) is 12.0 Å². The summed E-state index contributed by atoms with van der Waals surface area (Å²) in [6.07, 6.45) is 0.262. The number of carbonyl (C=O) groups excluding carboxylic acids is 1. The number of rotatable bonds is 2. The first kappa shape index (κ1) is 16.4. The summed E-state index contributed by atoms with van der Waals surface area (Å²) in [5.41, 5.74) is 2.35. The molecule has 4 nitrogen and oxygen atoms in total. The van der Waals surface area contributed by atoms with Crippen molar-refractivity contribution in [1.82, 2.24) is 4.90 Å². The molecule has 2 aromatic carbocycles. The van der Waals surface area contributed by atoms with Gasteiger partial charge in [0.05, 0.1) is 6.04 Å². The molecule has 0 aliphatic carbocycles. The third-order valence-electron chi connectivity index (χ3n) is 5.15. The third kappa shape index (κ3) is 2.88. The van der Waals surface area contributed by atoms with Gasteiger partial charge in [-0.3, -0.25) is 4.79 Å². The molecule has 0 bridgehead atoms. The summed E-state index contributed by atoms with van der Waals surface area (Å²) in [4.78, 5) is 16.7. The van der Waals surface area contributed by atoms with E-state index in [4.69, 9.17) is 9.47 Å². The highest BCUT2D eigenvalue weighted by Gasteiger charge is 2.38. The zero-order valence-electron chi connectivity index (χ0n) is 14.7. The van der Waals surface area contributed by atoms with E-state index in [2.05, 4.69) is 23.6 Å². The largest absolute Gasteiger partial charge is 0.485 e. The number of carbonyl (C=O) groups is 1. The standard InChI is InChI=1S/C22H19NO3S/c24-22(19-14-25-17-8-4-5-9-18(17)26-19)23-12-10-20-16(11-13-27-20)21(23)15-6-2-1-3-7-15/h1-9,11,13,19,21H,10,12,14H2/t19-,21-/m0/s1. The van der Waals surface area contributed by atoms with E-state index in [1.54, 1.807) is 11.3 Å². The van der Waals surface area contributed by atoms with Gasteiger partial charge in [-0.1, -0.05) is 42.5 Å². The lowest BCUT2D eigenvalue weighted by Gasteiger charge is -2.39. The summed E-state index contributed by atoms with van der Waals surface area (Å²) in [5.74, 6) is 1.31. The van der Waals surface area contributed by atoms with E-state index in [-0.39, 0.29) is 18.6 Å². The molecule has 0 spiro atoms. The van der Waals surface area contributed by atoms with Crippen molar-refractivity contribution in [2.75, 3.05) is 13.2 Å². The number of benzene rings is 2. The number of nitrogens with zero attached hydrogens (tertiary/aromatic N) is 1. The molecule has 1 aromatic heterocycles. The van der Waals surface area contributed by atoms with Crippen molar-refractivity contribution in [3.8, 4) is 11.5 Å². The molecule has 136 valence electrons. The van der Waals surface area contributed by atoms with E-state index in [9.17, 15) is 4.79 Å². The highest BCUT2D eigenvalue weighted by Crippen LogP contribution is 2.39. The normalized spacial score (nSPS) is 20.8. The molecule has 0 radical (unpaired) electrons. The molecule has 2 atom stereocenters. The predicted molar refractivity (Wildman–Crippen MR) is 104 cm³/mol. The van der Waals surface area contributed by atoms with Crippen molar-refractivity contribution in [3.63, 3.8) is 0 Å². The van der Waals surface area contributed by atoms with Crippen molar-refractivity contribution < 1.29 is 14.3 Å². The Labute approximate surface area is 162 Å². The lowest BCUT2D eigenvalue weighted by molar-refractivity contribution is -0.143. The predicted octanol–water partition coefficient (Wildman–Crippen LogP) is 4.06. The Bertz CT molecular complexity index is 968. The monoisotopic (exact) mass is 377 g/mol. The third-order valence-corrected chi connectivity index (χ3v) is 6.14. The van der Waals surface area contributed by atoms with Crippen LogP contribution in [0.3, 0.4) is 0 Å². The number of amides is 1. The van der Waals surface area contributed by atoms with Crippen LogP contribution in [-0.2, 0) is 11.2 Å². The maximum absolute atomic E-state index is 13.4. The van der Waals surface area contributed by atoms with Gasteiger partial charge < -0.3 is 14.4 Å². The Balaban J connectivity index is 1.47. The van der Waals surface area contributed by atoms with Gasteiger partial charge in [0.1, 0.15) is 6.61 Å². The van der Waals surface area contributed by atoms with Crippen LogP contribution in [0.2, 0.25) is 0 Å². The van der Waals surface area contributed by atoms with Crippen LogP contribution in [0.15, 0.2) is 66.0 Å². The van der Waals surface area contributed by atoms with E-state index in [1.807, 2.05) is 47.4 Å². The number of para-hydroxylation sites is 2. The Morgan fingerprint density at radius 1 is 1.00 bits per heavy atom. The summed E-state index contributed by atoms with van der Waals surface area (Å²) in [6.45, 7) is 0.928. The molecule has 2 aliphatic rings. The average Bonchev–Trinajstić information content (AvgIpc) is 3.21. The molecular formula is C22H19NO3S. The van der Waals surface area contributed by atoms with Gasteiger partial charge in [-0.05, 0) is 41.1 Å². The van der Waals surface area contributed by atoms with E-state index < -0.39 is 6.10 Å². The molecule has 0 fully saturated rings. The van der Waals surface area contributed by atoms with Crippen LogP contribution in [0.4, 0.5) is 0 Å². The van der Waals surface area contributed by atoms with Gasteiger partial charge in [0, 0.05) is 11.4 Å². The number of ether oxygens (including phenoxy) is 2. The minimum absolute atomic E-state index is 0.0183. The molecule has 0 saturated heterocycles. The average molecular weight is 377 g/mol. The summed E-state index contributed by atoms with van der Waals surface area (Å²) in [6, 6.07) is 19.8. The van der Waals surface area contributed by atoms with Crippen LogP contribution in [0.1, 0.15) is 22.0 Å². The SMILES string of the molecule is O=C([C@@H]1COc2ccccc2O1)N1CCc2sccc2[C@@H]1c1ccccc1. The molecule has 3 heterocycles. The first-order valence-corrected chi connectivity index (χ1v) is 9.99. The number of hydrogen-bond acceptors (Lipinski definition) is 4. The topological polar surface area (TPSA) is 38.8 Å². The Hall–Kier alpha value is -2.79. The van der Waals surface area contributed by atoms with Gasteiger partial charge in [0.15, 0.2) is 11.5 Å². The Kier molecular flexibility index (Phi) is 4.09. The zero-order valence-corrected chi connectivity index (χ0v) is 15.5. The van der Waals surface area contributed by atoms with E-state index in [0.29, 0.717) is 18.0 Å². The Morgan fingerprint density at radius 2 is 1.78 bits per heavy atom. The minimum atomic E-state index is -0.619. The molecule has 0 N–H and O–H groups in total. The number of hydrogen-bond donors (Lipinski definition) is 0. The molecule has 5 rings (SSSR count). The molecule has 2 aliphatic heterocycles. The maximum atomic E-state index is 13.4. The van der Waals surface area contributed by atoms with Gasteiger partial charge in [0.25, 0.3) is 5.91 Å². The van der Waals surface area contributed by atoms with E-state index in [1.165, 1.54) is 10.4 Å². The van der Waals surface area contributed by atoms with Crippen molar-refractivity contribution in [1.29, 1.82) is 0 Å². The lowest BCUT2D eigenvalue weighted by atomic mass is 9.93.